The quantitative estimate of drug-likeness (QED) is 0.840. The van der Waals surface area contributed by atoms with E-state index in [0.717, 1.165) is 12.8 Å². The molecule has 0 saturated carbocycles. The van der Waals surface area contributed by atoms with Crippen LogP contribution in [0.5, 0.6) is 11.5 Å². The zero-order chi connectivity index (χ0) is 17.4. The minimum Gasteiger partial charge on any atom is -0.493 e. The fourth-order valence-corrected chi connectivity index (χ4v) is 3.72. The Morgan fingerprint density at radius 2 is 2.04 bits per heavy atom. The molecular formula is C17H21FN2O4. The van der Waals surface area contributed by atoms with Crippen LogP contribution in [0, 0.1) is 11.7 Å². The Morgan fingerprint density at radius 1 is 1.29 bits per heavy atom. The van der Waals surface area contributed by atoms with Crippen molar-refractivity contribution >= 4 is 11.8 Å². The topological polar surface area (TPSA) is 59.1 Å². The van der Waals surface area contributed by atoms with Crippen molar-refractivity contribution in [3.63, 3.8) is 0 Å². The van der Waals surface area contributed by atoms with E-state index in [1.807, 2.05) is 0 Å². The number of likely N-dealkylation sites (tertiary alicyclic amines) is 2. The monoisotopic (exact) mass is 336 g/mol. The van der Waals surface area contributed by atoms with Crippen LogP contribution in [0.25, 0.3) is 0 Å². The smallest absolute Gasteiger partial charge is 0.261 e. The Labute approximate surface area is 140 Å². The molecule has 24 heavy (non-hydrogen) atoms. The summed E-state index contributed by atoms with van der Waals surface area (Å²) < 4.78 is 24.8. The molecule has 3 rings (SSSR count). The summed E-state index contributed by atoms with van der Waals surface area (Å²) in [4.78, 5) is 28.5. The fourth-order valence-electron chi connectivity index (χ4n) is 3.72. The minimum atomic E-state index is -0.655. The van der Waals surface area contributed by atoms with E-state index in [1.165, 1.54) is 26.4 Å². The first kappa shape index (κ1) is 16.5. The molecule has 1 aromatic carbocycles. The zero-order valence-corrected chi connectivity index (χ0v) is 14.0. The van der Waals surface area contributed by atoms with Gasteiger partial charge in [0, 0.05) is 20.1 Å². The molecule has 0 unspecified atom stereocenters. The van der Waals surface area contributed by atoms with Crippen LogP contribution in [0.15, 0.2) is 12.1 Å². The number of halogens is 1. The highest BCUT2D eigenvalue weighted by Gasteiger charge is 2.46. The number of carbonyl (C=O) groups is 2. The number of benzene rings is 1. The van der Waals surface area contributed by atoms with Crippen molar-refractivity contribution in [3.05, 3.63) is 23.5 Å². The average molecular weight is 336 g/mol. The van der Waals surface area contributed by atoms with Crippen LogP contribution in [-0.4, -0.2) is 62.0 Å². The van der Waals surface area contributed by atoms with Crippen molar-refractivity contribution in [2.24, 2.45) is 5.92 Å². The Morgan fingerprint density at radius 3 is 2.71 bits per heavy atom. The van der Waals surface area contributed by atoms with Crippen LogP contribution < -0.4 is 9.47 Å². The average Bonchev–Trinajstić information content (AvgIpc) is 2.88. The van der Waals surface area contributed by atoms with Gasteiger partial charge < -0.3 is 19.3 Å². The van der Waals surface area contributed by atoms with E-state index >= 15 is 0 Å². The van der Waals surface area contributed by atoms with Crippen LogP contribution in [0.4, 0.5) is 4.39 Å². The van der Waals surface area contributed by atoms with Gasteiger partial charge in [0.15, 0.2) is 11.5 Å². The van der Waals surface area contributed by atoms with E-state index in [1.54, 1.807) is 16.8 Å². The van der Waals surface area contributed by atoms with Crippen LogP contribution >= 0.6 is 0 Å². The van der Waals surface area contributed by atoms with Crippen molar-refractivity contribution in [1.82, 2.24) is 9.80 Å². The molecule has 2 fully saturated rings. The third-order valence-corrected chi connectivity index (χ3v) is 4.90. The highest BCUT2D eigenvalue weighted by atomic mass is 19.1. The van der Waals surface area contributed by atoms with Gasteiger partial charge in [-0.15, -0.1) is 0 Å². The molecular weight excluding hydrogens is 315 g/mol. The summed E-state index contributed by atoms with van der Waals surface area (Å²) in [5.41, 5.74) is -0.139. The summed E-state index contributed by atoms with van der Waals surface area (Å²) in [6.45, 7) is 0.976. The van der Waals surface area contributed by atoms with E-state index in [4.69, 9.17) is 9.47 Å². The summed E-state index contributed by atoms with van der Waals surface area (Å²) in [6, 6.07) is 2.40. The van der Waals surface area contributed by atoms with Crippen LogP contribution in [0.2, 0.25) is 0 Å². The predicted molar refractivity (Wildman–Crippen MR) is 84.7 cm³/mol. The molecule has 2 atom stereocenters. The number of hydrogen-bond donors (Lipinski definition) is 0. The van der Waals surface area contributed by atoms with Crippen LogP contribution in [0.1, 0.15) is 23.2 Å². The third-order valence-electron chi connectivity index (χ3n) is 4.90. The Balaban J connectivity index is 1.99. The SMILES string of the molecule is COc1ccc(F)c(C(=O)N2CCC[C@H]3C(=O)N(C)C[C@H]32)c1OC. The van der Waals surface area contributed by atoms with E-state index in [9.17, 15) is 14.0 Å². The molecule has 6 nitrogen and oxygen atoms in total. The molecule has 0 bridgehead atoms. The highest BCUT2D eigenvalue weighted by molar-refractivity contribution is 5.99. The van der Waals surface area contributed by atoms with Gasteiger partial charge in [0.1, 0.15) is 11.4 Å². The number of nitrogens with zero attached hydrogens (tertiary/aromatic N) is 2. The summed E-state index contributed by atoms with van der Waals surface area (Å²) in [5, 5.41) is 0. The number of amides is 2. The van der Waals surface area contributed by atoms with E-state index < -0.39 is 11.7 Å². The molecule has 2 saturated heterocycles. The lowest BCUT2D eigenvalue weighted by molar-refractivity contribution is -0.130. The summed E-state index contributed by atoms with van der Waals surface area (Å²) in [6.07, 6.45) is 1.48. The molecule has 130 valence electrons. The molecule has 1 aromatic rings. The van der Waals surface area contributed by atoms with Gasteiger partial charge in [0.2, 0.25) is 5.91 Å². The molecule has 0 N–H and O–H groups in total. The van der Waals surface area contributed by atoms with Gasteiger partial charge in [0.05, 0.1) is 26.2 Å². The number of ether oxygens (including phenoxy) is 2. The molecule has 2 amide bonds. The predicted octanol–water partition coefficient (Wildman–Crippen LogP) is 1.54. The Kier molecular flexibility index (Phi) is 4.34. The second-order valence-corrected chi connectivity index (χ2v) is 6.19. The number of rotatable bonds is 3. The van der Waals surface area contributed by atoms with Gasteiger partial charge in [-0.2, -0.15) is 0 Å². The summed E-state index contributed by atoms with van der Waals surface area (Å²) in [5.74, 6) is -0.876. The first-order chi connectivity index (χ1) is 11.5. The maximum atomic E-state index is 14.4. The van der Waals surface area contributed by atoms with Gasteiger partial charge >= 0.3 is 0 Å². The number of carbonyl (C=O) groups excluding carboxylic acids is 2. The lowest BCUT2D eigenvalue weighted by Crippen LogP contribution is -2.49. The van der Waals surface area contributed by atoms with Crippen LogP contribution in [-0.2, 0) is 4.79 Å². The molecule has 2 aliphatic rings. The van der Waals surface area contributed by atoms with E-state index in [-0.39, 0.29) is 29.2 Å². The standard InChI is InChI=1S/C17H21FN2O4/c1-19-9-12-10(16(19)21)5-4-8-20(12)17(22)14-11(18)6-7-13(23-2)15(14)24-3/h6-7,10,12H,4-5,8-9H2,1-3H3/t10-,12-/m1/s1. The number of likely N-dealkylation sites (N-methyl/N-ethyl adjacent to an activating group) is 1. The third kappa shape index (κ3) is 2.48. The highest BCUT2D eigenvalue weighted by Crippen LogP contribution is 2.37. The Bertz CT molecular complexity index is 679. The largest absolute Gasteiger partial charge is 0.493 e. The zero-order valence-electron chi connectivity index (χ0n) is 14.0. The lowest BCUT2D eigenvalue weighted by atomic mass is 9.91. The normalized spacial score (nSPS) is 23.2. The first-order valence-electron chi connectivity index (χ1n) is 7.96. The molecule has 2 heterocycles. The minimum absolute atomic E-state index is 0.0515. The van der Waals surface area contributed by atoms with Gasteiger partial charge in [-0.25, -0.2) is 4.39 Å². The molecule has 0 aromatic heterocycles. The first-order valence-corrected chi connectivity index (χ1v) is 7.96. The van der Waals surface area contributed by atoms with Crippen molar-refractivity contribution in [1.29, 1.82) is 0 Å². The number of fused-ring (bicyclic) bond motifs is 1. The van der Waals surface area contributed by atoms with Crippen LogP contribution in [0.3, 0.4) is 0 Å². The van der Waals surface area contributed by atoms with Gasteiger partial charge in [0.25, 0.3) is 5.91 Å². The van der Waals surface area contributed by atoms with E-state index in [0.29, 0.717) is 18.8 Å². The molecule has 2 aliphatic heterocycles. The van der Waals surface area contributed by atoms with E-state index in [2.05, 4.69) is 0 Å². The number of hydrogen-bond acceptors (Lipinski definition) is 4. The fraction of sp³-hybridized carbons (Fsp3) is 0.529. The maximum absolute atomic E-state index is 14.4. The van der Waals surface area contributed by atoms with Crippen molar-refractivity contribution in [2.45, 2.75) is 18.9 Å². The maximum Gasteiger partial charge on any atom is 0.261 e. The second-order valence-electron chi connectivity index (χ2n) is 6.19. The summed E-state index contributed by atoms with van der Waals surface area (Å²) >= 11 is 0. The number of piperidine rings is 1. The number of methoxy groups -OCH3 is 2. The van der Waals surface area contributed by atoms with Gasteiger partial charge in [-0.1, -0.05) is 0 Å². The second kappa shape index (κ2) is 6.30. The van der Waals surface area contributed by atoms with Crippen molar-refractivity contribution in [2.75, 3.05) is 34.4 Å². The Hall–Kier alpha value is -2.31. The summed E-state index contributed by atoms with van der Waals surface area (Å²) in [7, 11) is 4.54. The molecule has 7 heteroatoms. The molecule has 0 radical (unpaired) electrons. The molecule has 0 aliphatic carbocycles. The lowest BCUT2D eigenvalue weighted by Gasteiger charge is -2.36. The van der Waals surface area contributed by atoms with Gasteiger partial charge in [-0.3, -0.25) is 9.59 Å². The van der Waals surface area contributed by atoms with Crippen molar-refractivity contribution in [3.8, 4) is 11.5 Å². The van der Waals surface area contributed by atoms with Crippen molar-refractivity contribution < 1.29 is 23.5 Å². The molecule has 0 spiro atoms. The van der Waals surface area contributed by atoms with Gasteiger partial charge in [-0.05, 0) is 25.0 Å².